The first-order valence-corrected chi connectivity index (χ1v) is 12.0. The Balaban J connectivity index is 2.00. The minimum Gasteiger partial charge on any atom is -0.492 e. The van der Waals surface area contributed by atoms with Gasteiger partial charge >= 0.3 is 0 Å². The highest BCUT2D eigenvalue weighted by molar-refractivity contribution is 9.10. The van der Waals surface area contributed by atoms with Gasteiger partial charge in [-0.3, -0.25) is 9.10 Å². The summed E-state index contributed by atoms with van der Waals surface area (Å²) in [6, 6.07) is 19.5. The molecule has 3 rings (SSSR count). The molecular formula is C22H20BrClN2O4S. The minimum atomic E-state index is -4.08. The first-order valence-electron chi connectivity index (χ1n) is 9.37. The van der Waals surface area contributed by atoms with Gasteiger partial charge in [0.1, 0.15) is 12.3 Å². The highest BCUT2D eigenvalue weighted by atomic mass is 79.9. The van der Waals surface area contributed by atoms with Gasteiger partial charge in [-0.15, -0.1) is 0 Å². The van der Waals surface area contributed by atoms with Crippen LogP contribution in [0.5, 0.6) is 5.75 Å². The number of rotatable bonds is 8. The first kappa shape index (κ1) is 23.1. The number of nitrogens with zero attached hydrogens (tertiary/aromatic N) is 1. The van der Waals surface area contributed by atoms with E-state index in [4.69, 9.17) is 16.3 Å². The molecule has 31 heavy (non-hydrogen) atoms. The van der Waals surface area contributed by atoms with E-state index in [0.29, 0.717) is 23.1 Å². The molecule has 0 saturated carbocycles. The summed E-state index contributed by atoms with van der Waals surface area (Å²) in [5.74, 6) is -0.139. The molecule has 0 unspecified atom stereocenters. The van der Waals surface area contributed by atoms with Crippen molar-refractivity contribution in [2.75, 3.05) is 22.8 Å². The molecular weight excluding hydrogens is 504 g/mol. The Labute approximate surface area is 195 Å². The van der Waals surface area contributed by atoms with E-state index in [9.17, 15) is 13.2 Å². The van der Waals surface area contributed by atoms with Gasteiger partial charge in [-0.2, -0.15) is 0 Å². The van der Waals surface area contributed by atoms with Gasteiger partial charge in [0.2, 0.25) is 5.91 Å². The quantitative estimate of drug-likeness (QED) is 0.433. The zero-order valence-electron chi connectivity index (χ0n) is 16.6. The number of ether oxygens (including phenoxy) is 1. The highest BCUT2D eigenvalue weighted by Crippen LogP contribution is 2.33. The average molecular weight is 524 g/mol. The van der Waals surface area contributed by atoms with Crippen LogP contribution in [0.4, 0.5) is 11.4 Å². The molecule has 0 spiro atoms. The van der Waals surface area contributed by atoms with Crippen molar-refractivity contribution < 1.29 is 17.9 Å². The van der Waals surface area contributed by atoms with Crippen LogP contribution in [0, 0.1) is 0 Å². The summed E-state index contributed by atoms with van der Waals surface area (Å²) in [4.78, 5) is 12.8. The third-order valence-corrected chi connectivity index (χ3v) is 6.75. The number of hydrogen-bond donors (Lipinski definition) is 1. The Morgan fingerprint density at radius 1 is 1.06 bits per heavy atom. The average Bonchev–Trinajstić information content (AvgIpc) is 2.73. The standard InChI is InChI=1S/C22H20BrClN2O4S/c1-2-30-21-9-4-3-8-20(21)26(31(28,29)19-12-10-17(24)11-13-19)15-22(27)25-18-7-5-6-16(23)14-18/h3-14H,2,15H2,1H3,(H,25,27). The van der Waals surface area contributed by atoms with Crippen LogP contribution in [0.15, 0.2) is 82.2 Å². The topological polar surface area (TPSA) is 75.7 Å². The number of hydrogen-bond acceptors (Lipinski definition) is 4. The summed E-state index contributed by atoms with van der Waals surface area (Å²) in [7, 11) is -4.08. The summed E-state index contributed by atoms with van der Waals surface area (Å²) < 4.78 is 34.4. The predicted molar refractivity (Wildman–Crippen MR) is 126 cm³/mol. The van der Waals surface area contributed by atoms with Crippen molar-refractivity contribution in [2.24, 2.45) is 0 Å². The molecule has 1 amide bonds. The van der Waals surface area contributed by atoms with Crippen molar-refractivity contribution in [3.05, 3.63) is 82.3 Å². The van der Waals surface area contributed by atoms with Crippen LogP contribution in [-0.2, 0) is 14.8 Å². The molecule has 0 fully saturated rings. The van der Waals surface area contributed by atoms with Gasteiger partial charge in [-0.1, -0.05) is 45.7 Å². The van der Waals surface area contributed by atoms with Crippen molar-refractivity contribution in [3.63, 3.8) is 0 Å². The Bertz CT molecular complexity index is 1170. The lowest BCUT2D eigenvalue weighted by Crippen LogP contribution is -2.38. The summed E-state index contributed by atoms with van der Waals surface area (Å²) in [5.41, 5.74) is 0.810. The molecule has 0 aliphatic carbocycles. The van der Waals surface area contributed by atoms with Gasteiger partial charge in [0.15, 0.2) is 0 Å². The minimum absolute atomic E-state index is 0.0125. The molecule has 3 aromatic rings. The number of para-hydroxylation sites is 2. The molecule has 0 atom stereocenters. The molecule has 3 aromatic carbocycles. The monoisotopic (exact) mass is 522 g/mol. The van der Waals surface area contributed by atoms with E-state index in [1.54, 1.807) is 49.4 Å². The number of nitrogens with one attached hydrogen (secondary N) is 1. The number of halogens is 2. The molecule has 0 aromatic heterocycles. The smallest absolute Gasteiger partial charge is 0.264 e. The molecule has 0 heterocycles. The number of sulfonamides is 1. The summed E-state index contributed by atoms with van der Waals surface area (Å²) in [5, 5.41) is 3.14. The lowest BCUT2D eigenvalue weighted by Gasteiger charge is -2.26. The molecule has 9 heteroatoms. The normalized spacial score (nSPS) is 11.1. The molecule has 0 bridgehead atoms. The number of anilines is 2. The summed E-state index contributed by atoms with van der Waals surface area (Å²) in [6.45, 7) is 1.70. The zero-order valence-corrected chi connectivity index (χ0v) is 19.7. The third kappa shape index (κ3) is 5.78. The SMILES string of the molecule is CCOc1ccccc1N(CC(=O)Nc1cccc(Br)c1)S(=O)(=O)c1ccc(Cl)cc1. The van der Waals surface area contributed by atoms with Crippen molar-refractivity contribution in [3.8, 4) is 5.75 Å². The van der Waals surface area contributed by atoms with Crippen LogP contribution in [0.1, 0.15) is 6.92 Å². The summed E-state index contributed by atoms with van der Waals surface area (Å²) in [6.07, 6.45) is 0. The fraction of sp³-hybridized carbons (Fsp3) is 0.136. The van der Waals surface area contributed by atoms with Gasteiger partial charge in [0, 0.05) is 15.2 Å². The molecule has 0 aliphatic heterocycles. The van der Waals surface area contributed by atoms with E-state index in [1.807, 2.05) is 6.07 Å². The predicted octanol–water partition coefficient (Wildman–Crippen LogP) is 5.34. The lowest BCUT2D eigenvalue weighted by molar-refractivity contribution is -0.114. The van der Waals surface area contributed by atoms with Crippen molar-refractivity contribution >= 4 is 54.8 Å². The molecule has 1 N–H and O–H groups in total. The molecule has 0 saturated heterocycles. The van der Waals surface area contributed by atoms with Gasteiger partial charge in [0.25, 0.3) is 10.0 Å². The molecule has 0 aliphatic rings. The van der Waals surface area contributed by atoms with Crippen molar-refractivity contribution in [1.82, 2.24) is 0 Å². The largest absolute Gasteiger partial charge is 0.492 e. The van der Waals surface area contributed by atoms with Crippen LogP contribution in [0.3, 0.4) is 0 Å². The van der Waals surface area contributed by atoms with E-state index in [0.717, 1.165) is 8.78 Å². The molecule has 0 radical (unpaired) electrons. The van der Waals surface area contributed by atoms with E-state index in [1.165, 1.54) is 24.3 Å². The Hall–Kier alpha value is -2.55. The van der Waals surface area contributed by atoms with E-state index >= 15 is 0 Å². The Kier molecular flexibility index (Phi) is 7.59. The lowest BCUT2D eigenvalue weighted by atomic mass is 10.3. The third-order valence-electron chi connectivity index (χ3n) is 4.23. The van der Waals surface area contributed by atoms with Crippen LogP contribution in [0.25, 0.3) is 0 Å². The van der Waals surface area contributed by atoms with Crippen LogP contribution < -0.4 is 14.4 Å². The first-order chi connectivity index (χ1) is 14.8. The second kappa shape index (κ2) is 10.2. The van der Waals surface area contributed by atoms with Crippen molar-refractivity contribution in [2.45, 2.75) is 11.8 Å². The number of carbonyl (C=O) groups is 1. The number of amides is 1. The van der Waals surface area contributed by atoms with E-state index in [-0.39, 0.29) is 10.6 Å². The van der Waals surface area contributed by atoms with E-state index in [2.05, 4.69) is 21.2 Å². The fourth-order valence-corrected chi connectivity index (χ4v) is 4.83. The van der Waals surface area contributed by atoms with Crippen LogP contribution >= 0.6 is 27.5 Å². The Morgan fingerprint density at radius 2 is 1.77 bits per heavy atom. The van der Waals surface area contributed by atoms with Crippen LogP contribution in [0.2, 0.25) is 5.02 Å². The van der Waals surface area contributed by atoms with E-state index < -0.39 is 22.5 Å². The summed E-state index contributed by atoms with van der Waals surface area (Å²) >= 11 is 9.27. The van der Waals surface area contributed by atoms with Gasteiger partial charge < -0.3 is 10.1 Å². The molecule has 162 valence electrons. The van der Waals surface area contributed by atoms with Gasteiger partial charge in [-0.25, -0.2) is 8.42 Å². The molecule has 6 nitrogen and oxygen atoms in total. The van der Waals surface area contributed by atoms with Crippen molar-refractivity contribution in [1.29, 1.82) is 0 Å². The maximum Gasteiger partial charge on any atom is 0.264 e. The maximum atomic E-state index is 13.5. The maximum absolute atomic E-state index is 13.5. The zero-order chi connectivity index (χ0) is 22.4. The highest BCUT2D eigenvalue weighted by Gasteiger charge is 2.29. The number of benzene rings is 3. The number of carbonyl (C=O) groups excluding carboxylic acids is 1. The fourth-order valence-electron chi connectivity index (χ4n) is 2.87. The van der Waals surface area contributed by atoms with Gasteiger partial charge in [-0.05, 0) is 61.5 Å². The second-order valence-electron chi connectivity index (χ2n) is 6.42. The second-order valence-corrected chi connectivity index (χ2v) is 9.64. The van der Waals surface area contributed by atoms with Crippen LogP contribution in [-0.4, -0.2) is 27.5 Å². The Morgan fingerprint density at radius 3 is 2.45 bits per heavy atom. The van der Waals surface area contributed by atoms with Gasteiger partial charge in [0.05, 0.1) is 17.2 Å².